The van der Waals surface area contributed by atoms with Crippen LogP contribution in [0.2, 0.25) is 18.1 Å². The summed E-state index contributed by atoms with van der Waals surface area (Å²) in [5.41, 5.74) is 2.07. The molecule has 2 aromatic heterocycles. The lowest BCUT2D eigenvalue weighted by Gasteiger charge is -2.37. The molecular weight excluding hydrogens is 498 g/mol. The lowest BCUT2D eigenvalue weighted by Crippen LogP contribution is -2.44. The van der Waals surface area contributed by atoms with Gasteiger partial charge in [0.25, 0.3) is 0 Å². The maximum atomic E-state index is 13.5. The fraction of sp³-hybridized carbons (Fsp3) is 0.533. The van der Waals surface area contributed by atoms with Gasteiger partial charge in [0.2, 0.25) is 5.71 Å². The number of nitrogens with zero attached hydrogens (tertiary/aromatic N) is 1. The third-order valence-electron chi connectivity index (χ3n) is 8.28. The summed E-state index contributed by atoms with van der Waals surface area (Å²) in [4.78, 5) is 17.8. The molecule has 1 aliphatic heterocycles. The standard InChI is InChI=1S/C30H39NO6Si/c1-28(2,3)38(8,9)34-17-23-22(36-30(6,7)37-23)16-33-18-12-13-19-21(15-18)29(4,5)26-24(25(19)32)20-11-10-14-31-27(20)35-26/h10-15,22-23H,16-17H2,1-9H3/t22-,23-/m1/s1. The van der Waals surface area contributed by atoms with Crippen molar-refractivity contribution >= 4 is 25.2 Å². The second-order valence-corrected chi connectivity index (χ2v) is 17.7. The summed E-state index contributed by atoms with van der Waals surface area (Å²) in [7, 11) is -1.94. The van der Waals surface area contributed by atoms with Crippen LogP contribution in [0.15, 0.2) is 40.9 Å². The summed E-state index contributed by atoms with van der Waals surface area (Å²) in [6.07, 6.45) is 1.16. The first kappa shape index (κ1) is 27.1. The minimum atomic E-state index is -1.94. The highest BCUT2D eigenvalue weighted by atomic mass is 28.4. The molecular formula is C30H39NO6Si. The van der Waals surface area contributed by atoms with E-state index in [1.807, 2.05) is 44.2 Å². The van der Waals surface area contributed by atoms with E-state index >= 15 is 0 Å². The summed E-state index contributed by atoms with van der Waals surface area (Å²) in [6, 6.07) is 9.35. The Morgan fingerprint density at radius 1 is 1.03 bits per heavy atom. The number of rotatable bonds is 6. The first-order chi connectivity index (χ1) is 17.6. The van der Waals surface area contributed by atoms with E-state index in [2.05, 4.69) is 52.7 Å². The highest BCUT2D eigenvalue weighted by molar-refractivity contribution is 6.74. The summed E-state index contributed by atoms with van der Waals surface area (Å²) >= 11 is 0. The fourth-order valence-electron chi connectivity index (χ4n) is 5.06. The minimum absolute atomic E-state index is 0.0512. The Bertz CT molecular complexity index is 1380. The molecule has 0 unspecified atom stereocenters. The summed E-state index contributed by atoms with van der Waals surface area (Å²) < 4.78 is 31.2. The van der Waals surface area contributed by atoms with E-state index in [9.17, 15) is 4.79 Å². The molecule has 0 bridgehead atoms. The second kappa shape index (κ2) is 9.01. The van der Waals surface area contributed by atoms with Crippen LogP contribution in [0.25, 0.3) is 11.1 Å². The van der Waals surface area contributed by atoms with Gasteiger partial charge in [-0.1, -0.05) is 20.8 Å². The molecule has 0 radical (unpaired) electrons. The Labute approximate surface area is 225 Å². The number of hydrogen-bond acceptors (Lipinski definition) is 7. The minimum Gasteiger partial charge on any atom is -0.491 e. The number of carbonyl (C=O) groups excluding carboxylic acids is 1. The molecule has 2 atom stereocenters. The average Bonchev–Trinajstić information content (AvgIpc) is 3.37. The first-order valence-corrected chi connectivity index (χ1v) is 16.2. The van der Waals surface area contributed by atoms with Crippen LogP contribution >= 0.6 is 0 Å². The van der Waals surface area contributed by atoms with E-state index in [1.54, 1.807) is 6.20 Å². The number of ketones is 1. The number of hydrogen-bond donors (Lipinski definition) is 0. The predicted molar refractivity (Wildman–Crippen MR) is 148 cm³/mol. The van der Waals surface area contributed by atoms with Crippen molar-refractivity contribution in [3.8, 4) is 5.75 Å². The molecule has 1 aromatic carbocycles. The smallest absolute Gasteiger partial charge is 0.226 e. The number of furan rings is 1. The molecule has 0 spiro atoms. The van der Waals surface area contributed by atoms with Crippen molar-refractivity contribution in [1.82, 2.24) is 4.98 Å². The molecule has 38 heavy (non-hydrogen) atoms. The zero-order valence-electron chi connectivity index (χ0n) is 23.9. The molecule has 8 heteroatoms. The van der Waals surface area contributed by atoms with Crippen molar-refractivity contribution < 1.29 is 27.8 Å². The fourth-order valence-corrected chi connectivity index (χ4v) is 6.07. The van der Waals surface area contributed by atoms with Crippen molar-refractivity contribution in [3.05, 3.63) is 59.0 Å². The van der Waals surface area contributed by atoms with E-state index in [1.165, 1.54) is 0 Å². The second-order valence-electron chi connectivity index (χ2n) is 12.9. The van der Waals surface area contributed by atoms with Gasteiger partial charge in [0.15, 0.2) is 19.9 Å². The third-order valence-corrected chi connectivity index (χ3v) is 12.8. The highest BCUT2D eigenvalue weighted by Gasteiger charge is 2.45. The van der Waals surface area contributed by atoms with Crippen molar-refractivity contribution in [2.45, 2.75) is 90.0 Å². The van der Waals surface area contributed by atoms with Crippen LogP contribution in [0.1, 0.15) is 75.7 Å². The average molecular weight is 538 g/mol. The van der Waals surface area contributed by atoms with Gasteiger partial charge in [-0.05, 0) is 81.7 Å². The summed E-state index contributed by atoms with van der Waals surface area (Å²) in [5, 5.41) is 0.857. The van der Waals surface area contributed by atoms with Crippen molar-refractivity contribution in [1.29, 1.82) is 0 Å². The van der Waals surface area contributed by atoms with Crippen LogP contribution in [0.5, 0.6) is 5.75 Å². The molecule has 0 amide bonds. The highest BCUT2D eigenvalue weighted by Crippen LogP contribution is 2.46. The Hall–Kier alpha value is -2.52. The normalized spacial score (nSPS) is 22.4. The van der Waals surface area contributed by atoms with Crippen LogP contribution in [0, 0.1) is 0 Å². The molecule has 0 saturated carbocycles. The molecule has 7 nitrogen and oxygen atoms in total. The zero-order chi connectivity index (χ0) is 27.7. The van der Waals surface area contributed by atoms with Crippen molar-refractivity contribution in [2.24, 2.45) is 0 Å². The van der Waals surface area contributed by atoms with Crippen molar-refractivity contribution in [2.75, 3.05) is 13.2 Å². The molecule has 1 fully saturated rings. The molecule has 1 aliphatic carbocycles. The largest absolute Gasteiger partial charge is 0.491 e. The first-order valence-electron chi connectivity index (χ1n) is 13.3. The topological polar surface area (TPSA) is 80.0 Å². The summed E-state index contributed by atoms with van der Waals surface area (Å²) in [5.74, 6) is 0.535. The Morgan fingerprint density at radius 3 is 2.39 bits per heavy atom. The Balaban J connectivity index is 1.36. The van der Waals surface area contributed by atoms with Gasteiger partial charge in [0, 0.05) is 17.2 Å². The molecule has 2 aliphatic rings. The van der Waals surface area contributed by atoms with Crippen LogP contribution in [0.3, 0.4) is 0 Å². The van der Waals surface area contributed by atoms with E-state index < -0.39 is 19.5 Å². The van der Waals surface area contributed by atoms with Gasteiger partial charge >= 0.3 is 0 Å². The Kier molecular flexibility index (Phi) is 6.42. The number of aromatic nitrogens is 1. The SMILES string of the molecule is CC1(C)O[C@H](COc2ccc3c(c2)C(C)(C)c2oc4ncccc4c2C3=O)[C@@H](CO[Si](C)(C)C(C)(C)C)O1. The van der Waals surface area contributed by atoms with Gasteiger partial charge in [0.05, 0.1) is 17.6 Å². The molecule has 3 heterocycles. The number of ether oxygens (including phenoxy) is 3. The van der Waals surface area contributed by atoms with Crippen LogP contribution in [0.4, 0.5) is 0 Å². The van der Waals surface area contributed by atoms with E-state index in [-0.39, 0.29) is 23.0 Å². The molecule has 5 rings (SSSR count). The lowest BCUT2D eigenvalue weighted by atomic mass is 9.72. The number of pyridine rings is 1. The van der Waals surface area contributed by atoms with Crippen LogP contribution < -0.4 is 4.74 Å². The number of benzene rings is 1. The third kappa shape index (κ3) is 4.61. The van der Waals surface area contributed by atoms with Crippen LogP contribution in [-0.4, -0.2) is 50.3 Å². The monoisotopic (exact) mass is 537 g/mol. The molecule has 0 N–H and O–H groups in total. The van der Waals surface area contributed by atoms with Gasteiger partial charge in [-0.25, -0.2) is 4.98 Å². The quantitative estimate of drug-likeness (QED) is 0.327. The van der Waals surface area contributed by atoms with Crippen molar-refractivity contribution in [3.63, 3.8) is 0 Å². The molecule has 1 saturated heterocycles. The van der Waals surface area contributed by atoms with Gasteiger partial charge in [0.1, 0.15) is 30.3 Å². The summed E-state index contributed by atoms with van der Waals surface area (Å²) in [6.45, 7) is 19.9. The lowest BCUT2D eigenvalue weighted by molar-refractivity contribution is -0.150. The maximum absolute atomic E-state index is 13.5. The number of fused-ring (bicyclic) bond motifs is 4. The molecule has 204 valence electrons. The van der Waals surface area contributed by atoms with E-state index in [0.29, 0.717) is 41.6 Å². The Morgan fingerprint density at radius 2 is 1.71 bits per heavy atom. The number of carbonyl (C=O) groups is 1. The molecule has 3 aromatic rings. The van der Waals surface area contributed by atoms with Gasteiger partial charge in [-0.2, -0.15) is 0 Å². The zero-order valence-corrected chi connectivity index (χ0v) is 24.9. The van der Waals surface area contributed by atoms with E-state index in [4.69, 9.17) is 23.1 Å². The predicted octanol–water partition coefficient (Wildman–Crippen LogP) is 6.62. The van der Waals surface area contributed by atoms with Gasteiger partial charge in [-0.15, -0.1) is 0 Å². The van der Waals surface area contributed by atoms with Crippen LogP contribution in [-0.2, 0) is 19.3 Å². The van der Waals surface area contributed by atoms with Gasteiger partial charge in [-0.3, -0.25) is 4.79 Å². The van der Waals surface area contributed by atoms with Gasteiger partial charge < -0.3 is 23.1 Å². The maximum Gasteiger partial charge on any atom is 0.226 e. The van der Waals surface area contributed by atoms with E-state index in [0.717, 1.165) is 10.9 Å².